The zero-order valence-electron chi connectivity index (χ0n) is 15.1. The number of fused-ring (bicyclic) bond motifs is 1. The fourth-order valence-corrected chi connectivity index (χ4v) is 3.99. The summed E-state index contributed by atoms with van der Waals surface area (Å²) < 4.78 is 42.9. The van der Waals surface area contributed by atoms with E-state index in [1.54, 1.807) is 37.2 Å². The van der Waals surface area contributed by atoms with E-state index in [-0.39, 0.29) is 24.4 Å². The van der Waals surface area contributed by atoms with Crippen molar-refractivity contribution >= 4 is 11.7 Å². The number of carbonyl (C=O) groups is 1. The molecule has 1 amide bonds. The van der Waals surface area contributed by atoms with Crippen molar-refractivity contribution in [3.63, 3.8) is 0 Å². The number of hydrogen-bond acceptors (Lipinski definition) is 4. The van der Waals surface area contributed by atoms with Gasteiger partial charge in [0.25, 0.3) is 5.91 Å². The molecule has 2 aromatic rings. The minimum absolute atomic E-state index is 0.0695. The van der Waals surface area contributed by atoms with Gasteiger partial charge < -0.3 is 10.2 Å². The number of hydrogen-bond donors (Lipinski definition) is 1. The number of amides is 1. The maximum Gasteiger partial charge on any atom is 0.410 e. The van der Waals surface area contributed by atoms with Crippen LogP contribution in [0, 0.1) is 0 Å². The Morgan fingerprint density at radius 1 is 1.37 bits per heavy atom. The van der Waals surface area contributed by atoms with E-state index in [1.165, 1.54) is 4.68 Å². The van der Waals surface area contributed by atoms with Crippen molar-refractivity contribution in [2.75, 3.05) is 11.9 Å². The Bertz CT molecular complexity index is 857. The Morgan fingerprint density at radius 2 is 2.15 bits per heavy atom. The molecule has 1 fully saturated rings. The van der Waals surface area contributed by atoms with E-state index in [1.807, 2.05) is 0 Å². The van der Waals surface area contributed by atoms with Crippen molar-refractivity contribution in [1.82, 2.24) is 24.5 Å². The molecule has 1 unspecified atom stereocenters. The summed E-state index contributed by atoms with van der Waals surface area (Å²) in [5, 5.41) is 11.4. The second-order valence-electron chi connectivity index (χ2n) is 7.23. The van der Waals surface area contributed by atoms with Crippen molar-refractivity contribution in [2.45, 2.75) is 50.5 Å². The monoisotopic (exact) mass is 382 g/mol. The third kappa shape index (κ3) is 3.06. The summed E-state index contributed by atoms with van der Waals surface area (Å²) in [6.07, 6.45) is -1.43. The maximum absolute atomic E-state index is 13.5. The molecule has 4 heterocycles. The molecule has 10 heteroatoms. The molecule has 1 saturated heterocycles. The van der Waals surface area contributed by atoms with Gasteiger partial charge in [-0.05, 0) is 32.3 Å². The topological polar surface area (TPSA) is 68.0 Å². The molecule has 4 rings (SSSR count). The van der Waals surface area contributed by atoms with Crippen LogP contribution in [0.2, 0.25) is 0 Å². The van der Waals surface area contributed by atoms with Gasteiger partial charge in [0.2, 0.25) is 0 Å². The largest absolute Gasteiger partial charge is 0.410 e. The van der Waals surface area contributed by atoms with Crippen LogP contribution in [0.3, 0.4) is 0 Å². The van der Waals surface area contributed by atoms with Gasteiger partial charge in [-0.3, -0.25) is 9.48 Å². The van der Waals surface area contributed by atoms with Crippen LogP contribution in [0.4, 0.5) is 19.0 Å². The Hall–Kier alpha value is -2.52. The fourth-order valence-electron chi connectivity index (χ4n) is 3.99. The molecule has 2 aliphatic heterocycles. The van der Waals surface area contributed by atoms with E-state index in [0.717, 1.165) is 11.1 Å². The van der Waals surface area contributed by atoms with E-state index >= 15 is 0 Å². The quantitative estimate of drug-likeness (QED) is 0.867. The lowest BCUT2D eigenvalue weighted by Crippen LogP contribution is -2.38. The molecule has 0 spiro atoms. The molecule has 0 aliphatic carbocycles. The Morgan fingerprint density at radius 3 is 2.81 bits per heavy atom. The average Bonchev–Trinajstić information content (AvgIpc) is 3.30. The fraction of sp³-hybridized carbons (Fsp3) is 0.588. The van der Waals surface area contributed by atoms with Crippen LogP contribution >= 0.6 is 0 Å². The number of alkyl halides is 3. The Balaban J connectivity index is 1.66. The second-order valence-corrected chi connectivity index (χ2v) is 7.23. The van der Waals surface area contributed by atoms with Gasteiger partial charge in [-0.1, -0.05) is 0 Å². The molecule has 0 aromatic carbocycles. The molecular weight excluding hydrogens is 361 g/mol. The van der Waals surface area contributed by atoms with Crippen LogP contribution < -0.4 is 5.32 Å². The molecule has 1 N–H and O–H groups in total. The van der Waals surface area contributed by atoms with E-state index in [2.05, 4.69) is 15.5 Å². The third-order valence-corrected chi connectivity index (χ3v) is 5.29. The first-order valence-corrected chi connectivity index (χ1v) is 8.97. The number of halogens is 3. The van der Waals surface area contributed by atoms with Gasteiger partial charge in [0, 0.05) is 31.9 Å². The normalized spacial score (nSPS) is 25.4. The van der Waals surface area contributed by atoms with Gasteiger partial charge >= 0.3 is 6.18 Å². The van der Waals surface area contributed by atoms with Gasteiger partial charge in [-0.15, -0.1) is 0 Å². The molecule has 2 aliphatic rings. The maximum atomic E-state index is 13.5. The third-order valence-electron chi connectivity index (χ3n) is 5.29. The van der Waals surface area contributed by atoms with E-state index in [9.17, 15) is 18.0 Å². The highest BCUT2D eigenvalue weighted by atomic mass is 19.4. The lowest BCUT2D eigenvalue weighted by atomic mass is 10.1. The molecule has 3 atom stereocenters. The van der Waals surface area contributed by atoms with Gasteiger partial charge in [0.15, 0.2) is 6.04 Å². The number of aryl methyl sites for hydroxylation is 1. The van der Waals surface area contributed by atoms with Crippen molar-refractivity contribution in [2.24, 2.45) is 7.05 Å². The highest BCUT2D eigenvalue weighted by Crippen LogP contribution is 2.41. The van der Waals surface area contributed by atoms with Crippen LogP contribution in [0.5, 0.6) is 0 Å². The summed E-state index contributed by atoms with van der Waals surface area (Å²) in [5.41, 5.74) is 0.944. The second kappa shape index (κ2) is 6.28. The summed E-state index contributed by atoms with van der Waals surface area (Å²) in [7, 11) is 1.69. The molecule has 0 saturated carbocycles. The standard InChI is InChI=1S/C17H21F3N6O/c1-10-8-14(17(18,19)20)26-15(22-10)9-11(23-26)12-4-3-7-25(12)16(27)13-5-6-21-24(13)2/h5-6,9-10,12,14,22H,3-4,7-8H2,1-2H3/t10-,12?,14-/m1/s1. The molecule has 0 bridgehead atoms. The number of nitrogens with zero attached hydrogens (tertiary/aromatic N) is 5. The van der Waals surface area contributed by atoms with Gasteiger partial charge in [0.05, 0.1) is 11.7 Å². The molecular formula is C17H21F3N6O. The first-order chi connectivity index (χ1) is 12.8. The summed E-state index contributed by atoms with van der Waals surface area (Å²) in [6.45, 7) is 2.27. The minimum atomic E-state index is -4.37. The van der Waals surface area contributed by atoms with Gasteiger partial charge in [-0.25, -0.2) is 4.68 Å². The van der Waals surface area contributed by atoms with Crippen LogP contribution in [0.1, 0.15) is 54.5 Å². The summed E-state index contributed by atoms with van der Waals surface area (Å²) in [4.78, 5) is 14.5. The van der Waals surface area contributed by atoms with Crippen molar-refractivity contribution in [3.05, 3.63) is 29.7 Å². The molecule has 7 nitrogen and oxygen atoms in total. The van der Waals surface area contributed by atoms with Crippen LogP contribution in [-0.4, -0.2) is 49.1 Å². The molecule has 2 aromatic heterocycles. The van der Waals surface area contributed by atoms with E-state index in [4.69, 9.17) is 0 Å². The first kappa shape index (κ1) is 17.9. The van der Waals surface area contributed by atoms with Gasteiger partial charge in [-0.2, -0.15) is 23.4 Å². The SMILES string of the molecule is C[C@@H]1C[C@H](C(F)(F)F)n2nc(C3CCCN3C(=O)c3ccnn3C)cc2N1. The number of carbonyl (C=O) groups excluding carboxylic acids is 1. The summed E-state index contributed by atoms with van der Waals surface area (Å²) in [6, 6.07) is 0.994. The van der Waals surface area contributed by atoms with Crippen molar-refractivity contribution < 1.29 is 18.0 Å². The van der Waals surface area contributed by atoms with E-state index in [0.29, 0.717) is 30.2 Å². The van der Waals surface area contributed by atoms with Crippen LogP contribution in [0.25, 0.3) is 0 Å². The molecule has 0 radical (unpaired) electrons. The number of aromatic nitrogens is 4. The first-order valence-electron chi connectivity index (χ1n) is 8.97. The predicted octanol–water partition coefficient (Wildman–Crippen LogP) is 2.90. The lowest BCUT2D eigenvalue weighted by Gasteiger charge is -2.31. The Labute approximate surface area is 154 Å². The van der Waals surface area contributed by atoms with Crippen molar-refractivity contribution in [1.29, 1.82) is 0 Å². The zero-order valence-corrected chi connectivity index (χ0v) is 15.1. The Kier molecular flexibility index (Phi) is 4.15. The summed E-state index contributed by atoms with van der Waals surface area (Å²) >= 11 is 0. The van der Waals surface area contributed by atoms with Crippen molar-refractivity contribution in [3.8, 4) is 0 Å². The number of nitrogens with one attached hydrogen (secondary N) is 1. The highest BCUT2D eigenvalue weighted by Gasteiger charge is 2.46. The highest BCUT2D eigenvalue weighted by molar-refractivity contribution is 5.93. The number of rotatable bonds is 2. The van der Waals surface area contributed by atoms with Crippen LogP contribution in [0.15, 0.2) is 18.3 Å². The van der Waals surface area contributed by atoms with E-state index < -0.39 is 12.2 Å². The smallest absolute Gasteiger partial charge is 0.368 e. The predicted molar refractivity (Wildman–Crippen MR) is 91.2 cm³/mol. The number of likely N-dealkylation sites (tertiary alicyclic amines) is 1. The van der Waals surface area contributed by atoms with Gasteiger partial charge in [0.1, 0.15) is 11.5 Å². The number of anilines is 1. The lowest BCUT2D eigenvalue weighted by molar-refractivity contribution is -0.173. The minimum Gasteiger partial charge on any atom is -0.368 e. The summed E-state index contributed by atoms with van der Waals surface area (Å²) in [5.74, 6) is 0.170. The molecule has 146 valence electrons. The van der Waals surface area contributed by atoms with Crippen LogP contribution in [-0.2, 0) is 7.05 Å². The average molecular weight is 382 g/mol. The molecule has 27 heavy (non-hydrogen) atoms. The zero-order chi connectivity index (χ0) is 19.3.